The van der Waals surface area contributed by atoms with Crippen LogP contribution in [0.4, 0.5) is 11.4 Å². The van der Waals surface area contributed by atoms with Crippen LogP contribution < -0.4 is 11.5 Å². The van der Waals surface area contributed by atoms with Crippen LogP contribution in [0.5, 0.6) is 0 Å². The molecule has 0 heterocycles. The number of nitrogens with two attached hydrogens (primary N) is 2. The number of benzene rings is 2. The van der Waals surface area contributed by atoms with Crippen molar-refractivity contribution in [1.29, 1.82) is 0 Å². The van der Waals surface area contributed by atoms with E-state index in [1.807, 2.05) is 42.5 Å². The van der Waals surface area contributed by atoms with E-state index in [4.69, 9.17) is 11.5 Å². The maximum atomic E-state index is 5.89. The minimum absolute atomic E-state index is 0.730. The largest absolute Gasteiger partial charge is 0.398 e. The van der Waals surface area contributed by atoms with Gasteiger partial charge in [-0.15, -0.1) is 0 Å². The molecule has 4 N–H and O–H groups in total. The first-order valence-corrected chi connectivity index (χ1v) is 5.37. The SMILES string of the molecule is Nc1ccc(-c2ccccc2N)cc1Br. The highest BCUT2D eigenvalue weighted by molar-refractivity contribution is 9.10. The van der Waals surface area contributed by atoms with Gasteiger partial charge in [-0.2, -0.15) is 0 Å². The van der Waals surface area contributed by atoms with Gasteiger partial charge in [-0.05, 0) is 39.7 Å². The number of nitrogen functional groups attached to an aromatic ring is 2. The zero-order chi connectivity index (χ0) is 10.8. The molecular weight excluding hydrogens is 252 g/mol. The molecule has 0 saturated carbocycles. The van der Waals surface area contributed by atoms with Crippen molar-refractivity contribution in [3.05, 3.63) is 46.9 Å². The quantitative estimate of drug-likeness (QED) is 0.776. The van der Waals surface area contributed by atoms with Crippen molar-refractivity contribution >= 4 is 27.3 Å². The highest BCUT2D eigenvalue weighted by Crippen LogP contribution is 2.30. The van der Waals surface area contributed by atoms with Crippen LogP contribution in [0.1, 0.15) is 0 Å². The van der Waals surface area contributed by atoms with E-state index in [1.54, 1.807) is 0 Å². The summed E-state index contributed by atoms with van der Waals surface area (Å²) in [6.45, 7) is 0. The van der Waals surface area contributed by atoms with Crippen molar-refractivity contribution in [1.82, 2.24) is 0 Å². The Bertz CT molecular complexity index is 495. The topological polar surface area (TPSA) is 52.0 Å². The lowest BCUT2D eigenvalue weighted by molar-refractivity contribution is 1.58. The Hall–Kier alpha value is -1.48. The van der Waals surface area contributed by atoms with Gasteiger partial charge in [0.1, 0.15) is 0 Å². The second kappa shape index (κ2) is 3.95. The summed E-state index contributed by atoms with van der Waals surface area (Å²) in [7, 11) is 0. The lowest BCUT2D eigenvalue weighted by atomic mass is 10.0. The van der Waals surface area contributed by atoms with Crippen molar-refractivity contribution in [2.24, 2.45) is 0 Å². The van der Waals surface area contributed by atoms with Gasteiger partial charge in [0, 0.05) is 21.4 Å². The molecule has 0 unspecified atom stereocenters. The third-order valence-electron chi connectivity index (χ3n) is 2.27. The van der Waals surface area contributed by atoms with Crippen molar-refractivity contribution in [2.75, 3.05) is 11.5 Å². The van der Waals surface area contributed by atoms with Gasteiger partial charge >= 0.3 is 0 Å². The molecule has 2 rings (SSSR count). The van der Waals surface area contributed by atoms with Crippen LogP contribution in [0.25, 0.3) is 11.1 Å². The Morgan fingerprint density at radius 1 is 0.867 bits per heavy atom. The van der Waals surface area contributed by atoms with E-state index in [9.17, 15) is 0 Å². The summed E-state index contributed by atoms with van der Waals surface area (Å²) >= 11 is 3.40. The summed E-state index contributed by atoms with van der Waals surface area (Å²) in [6.07, 6.45) is 0. The fourth-order valence-electron chi connectivity index (χ4n) is 1.45. The lowest BCUT2D eigenvalue weighted by Gasteiger charge is -2.07. The first-order valence-electron chi connectivity index (χ1n) is 4.58. The third kappa shape index (κ3) is 1.97. The van der Waals surface area contributed by atoms with Gasteiger partial charge in [-0.3, -0.25) is 0 Å². The molecule has 2 aromatic carbocycles. The molecule has 0 aliphatic heterocycles. The van der Waals surface area contributed by atoms with Crippen LogP contribution in [0.3, 0.4) is 0 Å². The fraction of sp³-hybridized carbons (Fsp3) is 0. The van der Waals surface area contributed by atoms with Gasteiger partial charge in [-0.25, -0.2) is 0 Å². The molecular formula is C12H11BrN2. The van der Waals surface area contributed by atoms with E-state index in [0.717, 1.165) is 27.0 Å². The van der Waals surface area contributed by atoms with Crippen LogP contribution in [0.15, 0.2) is 46.9 Å². The van der Waals surface area contributed by atoms with Gasteiger partial charge in [-0.1, -0.05) is 24.3 Å². The number of anilines is 2. The van der Waals surface area contributed by atoms with Crippen LogP contribution in [0, 0.1) is 0 Å². The molecule has 0 spiro atoms. The number of para-hydroxylation sites is 1. The van der Waals surface area contributed by atoms with Crippen molar-refractivity contribution in [2.45, 2.75) is 0 Å². The predicted octanol–water partition coefficient (Wildman–Crippen LogP) is 3.28. The molecule has 3 heteroatoms. The molecule has 76 valence electrons. The molecule has 0 saturated heterocycles. The minimum atomic E-state index is 0.730. The van der Waals surface area contributed by atoms with Crippen LogP contribution >= 0.6 is 15.9 Å². The van der Waals surface area contributed by atoms with Gasteiger partial charge in [0.05, 0.1) is 0 Å². The van der Waals surface area contributed by atoms with Gasteiger partial charge in [0.25, 0.3) is 0 Å². The maximum Gasteiger partial charge on any atom is 0.0458 e. The first-order chi connectivity index (χ1) is 7.18. The van der Waals surface area contributed by atoms with Crippen LogP contribution in [0.2, 0.25) is 0 Å². The average molecular weight is 263 g/mol. The van der Waals surface area contributed by atoms with E-state index < -0.39 is 0 Å². The molecule has 0 atom stereocenters. The number of rotatable bonds is 1. The number of hydrogen-bond donors (Lipinski definition) is 2. The minimum Gasteiger partial charge on any atom is -0.398 e. The molecule has 2 aromatic rings. The molecule has 0 bridgehead atoms. The normalized spacial score (nSPS) is 10.2. The van der Waals surface area contributed by atoms with E-state index in [2.05, 4.69) is 15.9 Å². The Labute approximate surface area is 97.0 Å². The van der Waals surface area contributed by atoms with E-state index in [0.29, 0.717) is 0 Å². The van der Waals surface area contributed by atoms with Crippen LogP contribution in [-0.2, 0) is 0 Å². The Balaban J connectivity index is 2.55. The fourth-order valence-corrected chi connectivity index (χ4v) is 1.83. The highest BCUT2D eigenvalue weighted by Gasteiger charge is 2.03. The highest BCUT2D eigenvalue weighted by atomic mass is 79.9. The van der Waals surface area contributed by atoms with Gasteiger partial charge in [0.2, 0.25) is 0 Å². The summed E-state index contributed by atoms with van der Waals surface area (Å²) in [4.78, 5) is 0. The molecule has 0 fully saturated rings. The third-order valence-corrected chi connectivity index (χ3v) is 2.96. The van der Waals surface area contributed by atoms with E-state index in [1.165, 1.54) is 0 Å². The zero-order valence-electron chi connectivity index (χ0n) is 8.07. The van der Waals surface area contributed by atoms with Crippen molar-refractivity contribution < 1.29 is 0 Å². The first kappa shape index (κ1) is 10.1. The molecule has 0 amide bonds. The standard InChI is InChI=1S/C12H11BrN2/c13-10-7-8(5-6-12(10)15)9-3-1-2-4-11(9)14/h1-7H,14-15H2. The Morgan fingerprint density at radius 2 is 1.60 bits per heavy atom. The predicted molar refractivity (Wildman–Crippen MR) is 68.4 cm³/mol. The molecule has 0 aliphatic rings. The molecule has 15 heavy (non-hydrogen) atoms. The maximum absolute atomic E-state index is 5.89. The van der Waals surface area contributed by atoms with Crippen LogP contribution in [-0.4, -0.2) is 0 Å². The Kier molecular flexibility index (Phi) is 2.64. The Morgan fingerprint density at radius 3 is 2.27 bits per heavy atom. The monoisotopic (exact) mass is 262 g/mol. The summed E-state index contributed by atoms with van der Waals surface area (Å²) in [5.74, 6) is 0. The molecule has 0 aromatic heterocycles. The molecule has 0 radical (unpaired) electrons. The zero-order valence-corrected chi connectivity index (χ0v) is 9.66. The van der Waals surface area contributed by atoms with Gasteiger partial charge in [0.15, 0.2) is 0 Å². The lowest BCUT2D eigenvalue weighted by Crippen LogP contribution is -1.91. The average Bonchev–Trinajstić information content (AvgIpc) is 2.23. The molecule has 2 nitrogen and oxygen atoms in total. The summed E-state index contributed by atoms with van der Waals surface area (Å²) in [5.41, 5.74) is 15.2. The second-order valence-electron chi connectivity index (χ2n) is 3.32. The number of halogens is 1. The van der Waals surface area contributed by atoms with Crippen molar-refractivity contribution in [3.63, 3.8) is 0 Å². The number of hydrogen-bond acceptors (Lipinski definition) is 2. The van der Waals surface area contributed by atoms with Gasteiger partial charge < -0.3 is 11.5 Å². The summed E-state index contributed by atoms with van der Waals surface area (Å²) < 4.78 is 0.892. The van der Waals surface area contributed by atoms with E-state index >= 15 is 0 Å². The summed E-state index contributed by atoms with van der Waals surface area (Å²) in [6, 6.07) is 13.6. The van der Waals surface area contributed by atoms with Crippen molar-refractivity contribution in [3.8, 4) is 11.1 Å². The molecule has 0 aliphatic carbocycles. The second-order valence-corrected chi connectivity index (χ2v) is 4.18. The summed E-state index contributed by atoms with van der Waals surface area (Å²) in [5, 5.41) is 0. The smallest absolute Gasteiger partial charge is 0.0458 e. The van der Waals surface area contributed by atoms with E-state index in [-0.39, 0.29) is 0 Å².